The van der Waals surface area contributed by atoms with E-state index in [1.54, 1.807) is 38.3 Å². The molecule has 0 saturated heterocycles. The van der Waals surface area contributed by atoms with Crippen LogP contribution < -0.4 is 15.7 Å². The fourth-order valence-electron chi connectivity index (χ4n) is 3.18. The number of amides is 1. The van der Waals surface area contributed by atoms with E-state index in [1.165, 1.54) is 6.92 Å². The summed E-state index contributed by atoms with van der Waals surface area (Å²) in [4.78, 5) is 36.5. The van der Waals surface area contributed by atoms with Crippen molar-refractivity contribution in [2.45, 2.75) is 27.2 Å². The van der Waals surface area contributed by atoms with E-state index in [0.717, 1.165) is 10.9 Å². The summed E-state index contributed by atoms with van der Waals surface area (Å²) in [6.07, 6.45) is -0.126. The van der Waals surface area contributed by atoms with Crippen LogP contribution in [0.4, 0.5) is 5.69 Å². The molecule has 0 aliphatic rings. The molecule has 0 spiro atoms. The van der Waals surface area contributed by atoms with Crippen molar-refractivity contribution in [2.24, 2.45) is 0 Å². The number of rotatable bonds is 5. The van der Waals surface area contributed by atoms with Gasteiger partial charge in [0.2, 0.25) is 5.91 Å². The second kappa shape index (κ2) is 7.68. The van der Waals surface area contributed by atoms with Crippen molar-refractivity contribution in [1.29, 1.82) is 0 Å². The van der Waals surface area contributed by atoms with E-state index in [2.05, 4.69) is 5.32 Å². The molecule has 2 aromatic carbocycles. The molecule has 1 N–H and O–H groups in total. The van der Waals surface area contributed by atoms with Gasteiger partial charge in [0.1, 0.15) is 11.3 Å². The van der Waals surface area contributed by atoms with Crippen molar-refractivity contribution in [2.75, 3.05) is 12.4 Å². The first-order chi connectivity index (χ1) is 13.3. The van der Waals surface area contributed by atoms with Crippen LogP contribution >= 0.6 is 0 Å². The molecular formula is C22H21NO5. The quantitative estimate of drug-likeness (QED) is 0.538. The number of Topliss-reactive ketones (excluding diaryl/α,β-unsaturated/α-hetero) is 1. The highest BCUT2D eigenvalue weighted by Gasteiger charge is 2.17. The SMILES string of the molecule is COc1ccc2c(C)c(CC(=O)Nc3cccc(C(C)=O)c3)c(=O)oc2c1C. The smallest absolute Gasteiger partial charge is 0.340 e. The summed E-state index contributed by atoms with van der Waals surface area (Å²) in [5.41, 5.74) is 2.65. The minimum absolute atomic E-state index is 0.0899. The average Bonchev–Trinajstić information content (AvgIpc) is 2.66. The third-order valence-corrected chi connectivity index (χ3v) is 4.76. The van der Waals surface area contributed by atoms with Gasteiger partial charge < -0.3 is 14.5 Å². The number of ether oxygens (including phenoxy) is 1. The zero-order valence-corrected chi connectivity index (χ0v) is 16.2. The van der Waals surface area contributed by atoms with Crippen LogP contribution in [0, 0.1) is 13.8 Å². The number of nitrogens with one attached hydrogen (secondary N) is 1. The molecule has 144 valence electrons. The number of carbonyl (C=O) groups is 2. The summed E-state index contributed by atoms with van der Waals surface area (Å²) in [5.74, 6) is 0.180. The van der Waals surface area contributed by atoms with Gasteiger partial charge in [0.25, 0.3) is 0 Å². The van der Waals surface area contributed by atoms with Gasteiger partial charge in [0.05, 0.1) is 19.1 Å². The van der Waals surface area contributed by atoms with Crippen molar-refractivity contribution in [3.8, 4) is 5.75 Å². The lowest BCUT2D eigenvalue weighted by Crippen LogP contribution is -2.21. The summed E-state index contributed by atoms with van der Waals surface area (Å²) in [5, 5.41) is 3.49. The highest BCUT2D eigenvalue weighted by molar-refractivity contribution is 5.98. The number of anilines is 1. The minimum atomic E-state index is -0.547. The largest absolute Gasteiger partial charge is 0.496 e. The molecule has 0 aliphatic heterocycles. The number of hydrogen-bond acceptors (Lipinski definition) is 5. The number of ketones is 1. The summed E-state index contributed by atoms with van der Waals surface area (Å²) in [6.45, 7) is 5.07. The minimum Gasteiger partial charge on any atom is -0.496 e. The molecule has 0 atom stereocenters. The van der Waals surface area contributed by atoms with Gasteiger partial charge in [-0.2, -0.15) is 0 Å². The monoisotopic (exact) mass is 379 g/mol. The number of hydrogen-bond donors (Lipinski definition) is 1. The first kappa shape index (κ1) is 19.4. The van der Waals surface area contributed by atoms with Gasteiger partial charge in [0.15, 0.2) is 5.78 Å². The standard InChI is InChI=1S/C22H21NO5/c1-12-17-8-9-19(27-4)13(2)21(17)28-22(26)18(12)11-20(25)23-16-7-5-6-15(10-16)14(3)24/h5-10H,11H2,1-4H3,(H,23,25). The van der Waals surface area contributed by atoms with E-state index in [-0.39, 0.29) is 18.1 Å². The zero-order valence-electron chi connectivity index (χ0n) is 16.2. The van der Waals surface area contributed by atoms with Crippen molar-refractivity contribution in [3.05, 3.63) is 69.1 Å². The van der Waals surface area contributed by atoms with E-state index in [9.17, 15) is 14.4 Å². The molecule has 1 aromatic heterocycles. The molecule has 6 heteroatoms. The van der Waals surface area contributed by atoms with Crippen LogP contribution in [-0.4, -0.2) is 18.8 Å². The van der Waals surface area contributed by atoms with Gasteiger partial charge in [0, 0.05) is 22.2 Å². The molecule has 0 unspecified atom stereocenters. The molecular weight excluding hydrogens is 358 g/mol. The number of aryl methyl sites for hydroxylation is 2. The zero-order chi connectivity index (χ0) is 20.4. The van der Waals surface area contributed by atoms with Gasteiger partial charge in [-0.05, 0) is 50.6 Å². The molecule has 0 radical (unpaired) electrons. The molecule has 3 aromatic rings. The molecule has 1 amide bonds. The van der Waals surface area contributed by atoms with Crippen LogP contribution in [0.25, 0.3) is 11.0 Å². The maximum absolute atomic E-state index is 12.5. The van der Waals surface area contributed by atoms with Crippen LogP contribution in [0.3, 0.4) is 0 Å². The van der Waals surface area contributed by atoms with Crippen molar-refractivity contribution in [1.82, 2.24) is 0 Å². The molecule has 0 bridgehead atoms. The molecule has 0 saturated carbocycles. The van der Waals surface area contributed by atoms with E-state index >= 15 is 0 Å². The number of fused-ring (bicyclic) bond motifs is 1. The number of carbonyl (C=O) groups excluding carboxylic acids is 2. The van der Waals surface area contributed by atoms with Crippen molar-refractivity contribution < 1.29 is 18.7 Å². The summed E-state index contributed by atoms with van der Waals surface area (Å²) >= 11 is 0. The first-order valence-corrected chi connectivity index (χ1v) is 8.82. The van der Waals surface area contributed by atoms with Gasteiger partial charge in [-0.25, -0.2) is 4.79 Å². The fraction of sp³-hybridized carbons (Fsp3) is 0.227. The first-order valence-electron chi connectivity index (χ1n) is 8.82. The Morgan fingerprint density at radius 1 is 1.11 bits per heavy atom. The summed E-state index contributed by atoms with van der Waals surface area (Å²) in [6, 6.07) is 10.3. The molecule has 0 fully saturated rings. The summed E-state index contributed by atoms with van der Waals surface area (Å²) in [7, 11) is 1.55. The van der Waals surface area contributed by atoms with Crippen LogP contribution in [0.2, 0.25) is 0 Å². The Kier molecular flexibility index (Phi) is 5.31. The van der Waals surface area contributed by atoms with Crippen LogP contribution in [0.1, 0.15) is 34.0 Å². The second-order valence-electron chi connectivity index (χ2n) is 6.62. The third-order valence-electron chi connectivity index (χ3n) is 4.76. The highest BCUT2D eigenvalue weighted by atomic mass is 16.5. The van der Waals surface area contributed by atoms with Gasteiger partial charge in [-0.3, -0.25) is 9.59 Å². The second-order valence-corrected chi connectivity index (χ2v) is 6.62. The van der Waals surface area contributed by atoms with Crippen molar-refractivity contribution >= 4 is 28.3 Å². The lowest BCUT2D eigenvalue weighted by molar-refractivity contribution is -0.115. The topological polar surface area (TPSA) is 85.6 Å². The van der Waals surface area contributed by atoms with Gasteiger partial charge >= 0.3 is 5.63 Å². The van der Waals surface area contributed by atoms with E-state index in [4.69, 9.17) is 9.15 Å². The lowest BCUT2D eigenvalue weighted by Gasteiger charge is -2.12. The molecule has 6 nitrogen and oxygen atoms in total. The highest BCUT2D eigenvalue weighted by Crippen LogP contribution is 2.29. The van der Waals surface area contributed by atoms with Gasteiger partial charge in [-0.1, -0.05) is 12.1 Å². The Balaban J connectivity index is 1.92. The van der Waals surface area contributed by atoms with Gasteiger partial charge in [-0.15, -0.1) is 0 Å². The Hall–Kier alpha value is -3.41. The van der Waals surface area contributed by atoms with Crippen LogP contribution in [-0.2, 0) is 11.2 Å². The molecule has 1 heterocycles. The maximum atomic E-state index is 12.5. The van der Waals surface area contributed by atoms with E-state index in [0.29, 0.717) is 33.7 Å². The van der Waals surface area contributed by atoms with E-state index < -0.39 is 5.63 Å². The number of methoxy groups -OCH3 is 1. The predicted octanol–water partition coefficient (Wildman–Crippen LogP) is 3.80. The summed E-state index contributed by atoms with van der Waals surface area (Å²) < 4.78 is 10.8. The number of benzene rings is 2. The Bertz CT molecular complexity index is 1140. The lowest BCUT2D eigenvalue weighted by atomic mass is 10.0. The third kappa shape index (κ3) is 3.67. The predicted molar refractivity (Wildman–Crippen MR) is 107 cm³/mol. The Morgan fingerprint density at radius 2 is 1.86 bits per heavy atom. The van der Waals surface area contributed by atoms with Crippen molar-refractivity contribution in [3.63, 3.8) is 0 Å². The molecule has 0 aliphatic carbocycles. The Morgan fingerprint density at radius 3 is 2.54 bits per heavy atom. The molecule has 28 heavy (non-hydrogen) atoms. The van der Waals surface area contributed by atoms with E-state index in [1.807, 2.05) is 19.1 Å². The van der Waals surface area contributed by atoms with Crippen LogP contribution in [0.15, 0.2) is 45.6 Å². The Labute approximate surface area is 162 Å². The average molecular weight is 379 g/mol. The fourth-order valence-corrected chi connectivity index (χ4v) is 3.18. The normalized spacial score (nSPS) is 10.7. The molecule has 3 rings (SSSR count). The maximum Gasteiger partial charge on any atom is 0.340 e. The van der Waals surface area contributed by atoms with Crippen LogP contribution in [0.5, 0.6) is 5.75 Å².